The lowest BCUT2D eigenvalue weighted by Gasteiger charge is -2.18. The maximum atomic E-state index is 12.3. The lowest BCUT2D eigenvalue weighted by Crippen LogP contribution is -2.46. The SMILES string of the molecule is CC(=O)SCC(CC(C)C)C(=O)NCC(=O)N[C@@H](CCCN=C(N)N)C(=O)O. The highest BCUT2D eigenvalue weighted by Gasteiger charge is 2.23. The minimum atomic E-state index is -1.18. The Hall–Kier alpha value is -2.30. The van der Waals surface area contributed by atoms with Crippen LogP contribution in [0.4, 0.5) is 0 Å². The van der Waals surface area contributed by atoms with Gasteiger partial charge in [-0.15, -0.1) is 0 Å². The van der Waals surface area contributed by atoms with Crippen LogP contribution in [0.1, 0.15) is 40.0 Å². The standard InChI is InChI=1S/C17H31N5O5S/c1-10(2)7-12(9-28-11(3)23)15(25)21-8-14(24)22-13(16(26)27)5-4-6-20-17(18)19/h10,12-13H,4-9H2,1-3H3,(H,21,25)(H,22,24)(H,26,27)(H4,18,19,20)/t12?,13-/m0/s1. The number of hydrogen-bond acceptors (Lipinski definition) is 6. The molecule has 7 N–H and O–H groups in total. The first-order valence-corrected chi connectivity index (χ1v) is 10.00. The molecular weight excluding hydrogens is 386 g/mol. The highest BCUT2D eigenvalue weighted by Crippen LogP contribution is 2.18. The Morgan fingerprint density at radius 1 is 1.18 bits per heavy atom. The summed E-state index contributed by atoms with van der Waals surface area (Å²) in [5, 5.41) is 14.0. The van der Waals surface area contributed by atoms with E-state index < -0.39 is 23.8 Å². The van der Waals surface area contributed by atoms with Gasteiger partial charge in [0.05, 0.1) is 6.54 Å². The van der Waals surface area contributed by atoms with Crippen molar-refractivity contribution in [1.29, 1.82) is 0 Å². The summed E-state index contributed by atoms with van der Waals surface area (Å²) < 4.78 is 0. The van der Waals surface area contributed by atoms with Crippen molar-refractivity contribution in [3.8, 4) is 0 Å². The number of guanidine groups is 1. The smallest absolute Gasteiger partial charge is 0.326 e. The molecule has 0 rings (SSSR count). The lowest BCUT2D eigenvalue weighted by molar-refractivity contribution is -0.142. The topological polar surface area (TPSA) is 177 Å². The van der Waals surface area contributed by atoms with Gasteiger partial charge in [-0.25, -0.2) is 4.79 Å². The van der Waals surface area contributed by atoms with E-state index in [1.165, 1.54) is 6.92 Å². The second-order valence-corrected chi connectivity index (χ2v) is 7.95. The molecule has 0 fully saturated rings. The van der Waals surface area contributed by atoms with E-state index in [2.05, 4.69) is 15.6 Å². The molecule has 0 bridgehead atoms. The van der Waals surface area contributed by atoms with E-state index in [4.69, 9.17) is 11.5 Å². The van der Waals surface area contributed by atoms with Crippen LogP contribution < -0.4 is 22.1 Å². The zero-order chi connectivity index (χ0) is 21.7. The van der Waals surface area contributed by atoms with Gasteiger partial charge in [-0.3, -0.25) is 19.4 Å². The number of carbonyl (C=O) groups excluding carboxylic acids is 3. The van der Waals surface area contributed by atoms with E-state index in [9.17, 15) is 24.3 Å². The minimum absolute atomic E-state index is 0.0793. The first-order valence-electron chi connectivity index (χ1n) is 9.01. The lowest BCUT2D eigenvalue weighted by atomic mass is 9.98. The number of nitrogens with two attached hydrogens (primary N) is 2. The quantitative estimate of drug-likeness (QED) is 0.154. The molecule has 2 atom stereocenters. The highest BCUT2D eigenvalue weighted by molar-refractivity contribution is 8.13. The molecule has 2 amide bonds. The summed E-state index contributed by atoms with van der Waals surface area (Å²) in [6.07, 6.45) is 1.10. The van der Waals surface area contributed by atoms with Gasteiger partial charge < -0.3 is 27.2 Å². The van der Waals surface area contributed by atoms with Crippen molar-refractivity contribution in [1.82, 2.24) is 10.6 Å². The molecule has 0 saturated carbocycles. The molecule has 1 unspecified atom stereocenters. The number of carbonyl (C=O) groups is 4. The normalized spacial score (nSPS) is 12.7. The monoisotopic (exact) mass is 417 g/mol. The summed E-state index contributed by atoms with van der Waals surface area (Å²) in [7, 11) is 0. The van der Waals surface area contributed by atoms with Gasteiger partial charge in [0.2, 0.25) is 11.8 Å². The summed E-state index contributed by atoms with van der Waals surface area (Å²) in [5.74, 6) is -2.03. The molecule has 0 heterocycles. The number of aliphatic carboxylic acids is 1. The predicted octanol–water partition coefficient (Wildman–Crippen LogP) is -0.332. The fraction of sp³-hybridized carbons (Fsp3) is 0.706. The van der Waals surface area contributed by atoms with Crippen LogP contribution in [0.25, 0.3) is 0 Å². The third-order valence-electron chi connectivity index (χ3n) is 3.62. The first-order chi connectivity index (χ1) is 13.0. The summed E-state index contributed by atoms with van der Waals surface area (Å²) >= 11 is 1.07. The van der Waals surface area contributed by atoms with Crippen LogP contribution in [-0.4, -0.2) is 58.8 Å². The molecule has 10 nitrogen and oxygen atoms in total. The Balaban J connectivity index is 4.55. The first kappa shape index (κ1) is 25.7. The van der Waals surface area contributed by atoms with Crippen molar-refractivity contribution in [2.24, 2.45) is 28.3 Å². The van der Waals surface area contributed by atoms with Crippen LogP contribution in [0, 0.1) is 11.8 Å². The van der Waals surface area contributed by atoms with E-state index in [1.54, 1.807) is 0 Å². The molecule has 0 saturated heterocycles. The average molecular weight is 418 g/mol. The number of rotatable bonds is 13. The second-order valence-electron chi connectivity index (χ2n) is 6.75. The molecule has 0 radical (unpaired) electrons. The van der Waals surface area contributed by atoms with Crippen molar-refractivity contribution in [3.05, 3.63) is 0 Å². The van der Waals surface area contributed by atoms with E-state index in [-0.39, 0.29) is 42.4 Å². The largest absolute Gasteiger partial charge is 0.480 e. The zero-order valence-corrected chi connectivity index (χ0v) is 17.4. The van der Waals surface area contributed by atoms with Gasteiger partial charge in [0, 0.05) is 25.1 Å². The van der Waals surface area contributed by atoms with Crippen LogP contribution in [0.5, 0.6) is 0 Å². The Kier molecular flexibility index (Phi) is 12.7. The van der Waals surface area contributed by atoms with E-state index in [1.807, 2.05) is 13.8 Å². The molecule has 0 aliphatic rings. The third kappa shape index (κ3) is 13.0. The molecule has 0 spiro atoms. The molecule has 28 heavy (non-hydrogen) atoms. The number of carboxylic acids is 1. The predicted molar refractivity (Wildman–Crippen MR) is 109 cm³/mol. The Bertz CT molecular complexity index is 578. The molecule has 160 valence electrons. The fourth-order valence-electron chi connectivity index (χ4n) is 2.36. The van der Waals surface area contributed by atoms with Crippen LogP contribution in [-0.2, 0) is 19.2 Å². The second kappa shape index (κ2) is 13.8. The Morgan fingerprint density at radius 3 is 2.32 bits per heavy atom. The minimum Gasteiger partial charge on any atom is -0.480 e. The van der Waals surface area contributed by atoms with Crippen molar-refractivity contribution in [2.75, 3.05) is 18.8 Å². The summed E-state index contributed by atoms with van der Waals surface area (Å²) in [6.45, 7) is 5.28. The zero-order valence-electron chi connectivity index (χ0n) is 16.6. The summed E-state index contributed by atoms with van der Waals surface area (Å²) in [5.41, 5.74) is 10.4. The van der Waals surface area contributed by atoms with Gasteiger partial charge in [0.15, 0.2) is 11.1 Å². The van der Waals surface area contributed by atoms with E-state index in [0.29, 0.717) is 18.6 Å². The number of hydrogen-bond donors (Lipinski definition) is 5. The van der Waals surface area contributed by atoms with Crippen LogP contribution >= 0.6 is 11.8 Å². The van der Waals surface area contributed by atoms with Gasteiger partial charge >= 0.3 is 5.97 Å². The van der Waals surface area contributed by atoms with E-state index in [0.717, 1.165) is 11.8 Å². The molecule has 11 heteroatoms. The maximum Gasteiger partial charge on any atom is 0.326 e. The molecular formula is C17H31N5O5S. The van der Waals surface area contributed by atoms with Crippen LogP contribution in [0.2, 0.25) is 0 Å². The Labute approximate surface area is 169 Å². The van der Waals surface area contributed by atoms with Crippen molar-refractivity contribution in [2.45, 2.75) is 46.1 Å². The van der Waals surface area contributed by atoms with Gasteiger partial charge in [-0.05, 0) is 25.2 Å². The molecule has 0 aromatic heterocycles. The highest BCUT2D eigenvalue weighted by atomic mass is 32.2. The van der Waals surface area contributed by atoms with Gasteiger partial charge in [0.25, 0.3) is 0 Å². The number of thioether (sulfide) groups is 1. The molecule has 0 aliphatic heterocycles. The summed E-state index contributed by atoms with van der Waals surface area (Å²) in [4.78, 5) is 50.5. The van der Waals surface area contributed by atoms with Crippen molar-refractivity contribution >= 4 is 40.6 Å². The van der Waals surface area contributed by atoms with Crippen LogP contribution in [0.15, 0.2) is 4.99 Å². The number of nitrogens with zero attached hydrogens (tertiary/aromatic N) is 1. The van der Waals surface area contributed by atoms with Crippen molar-refractivity contribution < 1.29 is 24.3 Å². The van der Waals surface area contributed by atoms with Crippen LogP contribution in [0.3, 0.4) is 0 Å². The maximum absolute atomic E-state index is 12.3. The third-order valence-corrected chi connectivity index (χ3v) is 4.59. The number of aliphatic imine (C=N–C) groups is 1. The molecule has 0 aromatic rings. The van der Waals surface area contributed by atoms with Gasteiger partial charge in [0.1, 0.15) is 6.04 Å². The average Bonchev–Trinajstić information content (AvgIpc) is 2.58. The molecule has 0 aromatic carbocycles. The van der Waals surface area contributed by atoms with E-state index >= 15 is 0 Å². The van der Waals surface area contributed by atoms with Gasteiger partial charge in [-0.1, -0.05) is 25.6 Å². The fourth-order valence-corrected chi connectivity index (χ4v) is 3.08. The molecule has 0 aliphatic carbocycles. The summed E-state index contributed by atoms with van der Waals surface area (Å²) in [6, 6.07) is -1.10. The van der Waals surface area contributed by atoms with Gasteiger partial charge in [-0.2, -0.15) is 0 Å². The number of carboxylic acid groups (broad SMARTS) is 1. The van der Waals surface area contributed by atoms with Crippen molar-refractivity contribution in [3.63, 3.8) is 0 Å². The Morgan fingerprint density at radius 2 is 1.82 bits per heavy atom. The number of amides is 2. The number of nitrogens with one attached hydrogen (secondary N) is 2.